The SMILES string of the molecule is COc1ncc(Br)cc1CN1C(=O)[C@H](C)N(C)C1=O. The number of rotatable bonds is 3. The van der Waals surface area contributed by atoms with Gasteiger partial charge in [-0.25, -0.2) is 9.78 Å². The molecule has 1 saturated heterocycles. The van der Waals surface area contributed by atoms with Crippen LogP contribution in [0.3, 0.4) is 0 Å². The zero-order valence-electron chi connectivity index (χ0n) is 10.9. The third kappa shape index (κ3) is 2.42. The maximum Gasteiger partial charge on any atom is 0.327 e. The average Bonchev–Trinajstić information content (AvgIpc) is 2.57. The third-order valence-electron chi connectivity index (χ3n) is 3.15. The third-order valence-corrected chi connectivity index (χ3v) is 3.58. The van der Waals surface area contributed by atoms with E-state index < -0.39 is 6.04 Å². The number of hydrogen-bond donors (Lipinski definition) is 0. The minimum atomic E-state index is -0.432. The summed E-state index contributed by atoms with van der Waals surface area (Å²) in [5, 5.41) is 0. The number of carbonyl (C=O) groups is 2. The molecule has 1 aromatic rings. The standard InChI is InChI=1S/C12H14BrN3O3/c1-7-11(17)16(12(18)15(7)2)6-8-4-9(13)5-14-10(8)19-3/h4-5,7H,6H2,1-3H3/t7-/m0/s1. The number of methoxy groups -OCH3 is 1. The van der Waals surface area contributed by atoms with Crippen molar-refractivity contribution in [2.24, 2.45) is 0 Å². The van der Waals surface area contributed by atoms with Crippen molar-refractivity contribution in [3.63, 3.8) is 0 Å². The van der Waals surface area contributed by atoms with Gasteiger partial charge in [0, 0.05) is 23.3 Å². The topological polar surface area (TPSA) is 62.7 Å². The molecule has 1 aliphatic heterocycles. The Bertz CT molecular complexity index is 515. The number of pyridine rings is 1. The van der Waals surface area contributed by atoms with E-state index >= 15 is 0 Å². The van der Waals surface area contributed by atoms with Gasteiger partial charge in [0.05, 0.1) is 13.7 Å². The minimum absolute atomic E-state index is 0.155. The molecule has 0 radical (unpaired) electrons. The van der Waals surface area contributed by atoms with E-state index in [9.17, 15) is 9.59 Å². The van der Waals surface area contributed by atoms with Crippen LogP contribution in [0.15, 0.2) is 16.7 Å². The number of urea groups is 1. The fourth-order valence-corrected chi connectivity index (χ4v) is 2.30. The van der Waals surface area contributed by atoms with Crippen LogP contribution in [0.2, 0.25) is 0 Å². The molecule has 1 aliphatic rings. The van der Waals surface area contributed by atoms with Crippen LogP contribution in [0.25, 0.3) is 0 Å². The molecule has 1 aromatic heterocycles. The lowest BCUT2D eigenvalue weighted by molar-refractivity contribution is -0.128. The maximum atomic E-state index is 12.0. The molecule has 0 aliphatic carbocycles. The van der Waals surface area contributed by atoms with E-state index in [1.165, 1.54) is 16.9 Å². The van der Waals surface area contributed by atoms with Crippen molar-refractivity contribution in [3.05, 3.63) is 22.3 Å². The largest absolute Gasteiger partial charge is 0.481 e. The van der Waals surface area contributed by atoms with Crippen LogP contribution < -0.4 is 4.74 Å². The molecule has 102 valence electrons. The van der Waals surface area contributed by atoms with Gasteiger partial charge in [-0.1, -0.05) is 0 Å². The normalized spacial score (nSPS) is 19.3. The summed E-state index contributed by atoms with van der Waals surface area (Å²) in [5.41, 5.74) is 0.682. The van der Waals surface area contributed by atoms with Gasteiger partial charge < -0.3 is 9.64 Å². The average molecular weight is 328 g/mol. The second-order valence-electron chi connectivity index (χ2n) is 4.32. The highest BCUT2D eigenvalue weighted by atomic mass is 79.9. The van der Waals surface area contributed by atoms with Gasteiger partial charge >= 0.3 is 6.03 Å². The smallest absolute Gasteiger partial charge is 0.327 e. The second-order valence-corrected chi connectivity index (χ2v) is 5.23. The Balaban J connectivity index is 2.29. The molecular weight excluding hydrogens is 314 g/mol. The Labute approximate surface area is 119 Å². The van der Waals surface area contributed by atoms with Crippen LogP contribution in [0.1, 0.15) is 12.5 Å². The summed E-state index contributed by atoms with van der Waals surface area (Å²) >= 11 is 3.31. The van der Waals surface area contributed by atoms with Gasteiger partial charge in [-0.05, 0) is 28.9 Å². The molecule has 1 atom stereocenters. The molecule has 1 fully saturated rings. The molecule has 6 nitrogen and oxygen atoms in total. The lowest BCUT2D eigenvalue weighted by Crippen LogP contribution is -2.31. The lowest BCUT2D eigenvalue weighted by Gasteiger charge is -2.15. The Morgan fingerprint density at radius 2 is 2.16 bits per heavy atom. The number of hydrogen-bond acceptors (Lipinski definition) is 4. The van der Waals surface area contributed by atoms with E-state index in [0.717, 1.165) is 4.47 Å². The lowest BCUT2D eigenvalue weighted by atomic mass is 10.2. The summed E-state index contributed by atoms with van der Waals surface area (Å²) < 4.78 is 5.91. The first-order valence-electron chi connectivity index (χ1n) is 5.72. The van der Waals surface area contributed by atoms with Crippen molar-refractivity contribution in [1.82, 2.24) is 14.8 Å². The van der Waals surface area contributed by atoms with Crippen LogP contribution in [0, 0.1) is 0 Å². The van der Waals surface area contributed by atoms with Crippen molar-refractivity contribution in [1.29, 1.82) is 0 Å². The van der Waals surface area contributed by atoms with E-state index in [1.807, 2.05) is 0 Å². The van der Waals surface area contributed by atoms with Crippen LogP contribution in [-0.4, -0.2) is 46.9 Å². The Kier molecular flexibility index (Phi) is 3.75. The molecule has 0 spiro atoms. The first kappa shape index (κ1) is 13.8. The summed E-state index contributed by atoms with van der Waals surface area (Å²) in [6, 6.07) is 1.05. The maximum absolute atomic E-state index is 12.0. The molecule has 3 amide bonds. The first-order valence-corrected chi connectivity index (χ1v) is 6.51. The van der Waals surface area contributed by atoms with E-state index in [0.29, 0.717) is 11.4 Å². The summed E-state index contributed by atoms with van der Waals surface area (Å²) in [6.45, 7) is 1.86. The number of aromatic nitrogens is 1. The summed E-state index contributed by atoms with van der Waals surface area (Å²) in [5.74, 6) is 0.195. The number of likely N-dealkylation sites (N-methyl/N-ethyl adjacent to an activating group) is 1. The summed E-state index contributed by atoms with van der Waals surface area (Å²) in [4.78, 5) is 30.7. The molecule has 19 heavy (non-hydrogen) atoms. The van der Waals surface area contributed by atoms with Gasteiger partial charge in [-0.2, -0.15) is 0 Å². The fourth-order valence-electron chi connectivity index (χ4n) is 1.92. The number of amides is 3. The van der Waals surface area contributed by atoms with E-state index in [2.05, 4.69) is 20.9 Å². The van der Waals surface area contributed by atoms with Crippen LogP contribution in [0.4, 0.5) is 4.79 Å². The van der Waals surface area contributed by atoms with E-state index in [1.54, 1.807) is 26.2 Å². The Morgan fingerprint density at radius 3 is 2.68 bits per heavy atom. The predicted molar refractivity (Wildman–Crippen MR) is 71.7 cm³/mol. The van der Waals surface area contributed by atoms with Crippen LogP contribution >= 0.6 is 15.9 Å². The number of halogens is 1. The quantitative estimate of drug-likeness (QED) is 0.792. The Morgan fingerprint density at radius 1 is 1.47 bits per heavy atom. The van der Waals surface area contributed by atoms with Crippen LogP contribution in [-0.2, 0) is 11.3 Å². The molecule has 0 saturated carbocycles. The number of nitrogens with zero attached hydrogens (tertiary/aromatic N) is 3. The van der Waals surface area contributed by atoms with Gasteiger partial charge in [0.2, 0.25) is 5.88 Å². The summed E-state index contributed by atoms with van der Waals surface area (Å²) in [7, 11) is 3.11. The first-order chi connectivity index (χ1) is 8.95. The number of ether oxygens (including phenoxy) is 1. The van der Waals surface area contributed by atoms with Crippen LogP contribution in [0.5, 0.6) is 5.88 Å². The molecule has 7 heteroatoms. The Hall–Kier alpha value is -1.63. The van der Waals surface area contributed by atoms with E-state index in [4.69, 9.17) is 4.74 Å². The highest BCUT2D eigenvalue weighted by molar-refractivity contribution is 9.10. The van der Waals surface area contributed by atoms with Gasteiger partial charge in [0.1, 0.15) is 6.04 Å². The minimum Gasteiger partial charge on any atom is -0.481 e. The van der Waals surface area contributed by atoms with Crippen molar-refractivity contribution >= 4 is 27.9 Å². The van der Waals surface area contributed by atoms with Crippen molar-refractivity contribution < 1.29 is 14.3 Å². The molecule has 0 bridgehead atoms. The number of carbonyl (C=O) groups excluding carboxylic acids is 2. The van der Waals surface area contributed by atoms with Crippen molar-refractivity contribution in [2.45, 2.75) is 19.5 Å². The van der Waals surface area contributed by atoms with Crippen molar-refractivity contribution in [2.75, 3.05) is 14.2 Å². The molecule has 2 rings (SSSR count). The zero-order chi connectivity index (χ0) is 14.2. The van der Waals surface area contributed by atoms with Gasteiger partial charge in [0.15, 0.2) is 0 Å². The van der Waals surface area contributed by atoms with Gasteiger partial charge in [-0.15, -0.1) is 0 Å². The highest BCUT2D eigenvalue weighted by Crippen LogP contribution is 2.24. The number of imide groups is 1. The fraction of sp³-hybridized carbons (Fsp3) is 0.417. The van der Waals surface area contributed by atoms with Gasteiger partial charge in [-0.3, -0.25) is 9.69 Å². The highest BCUT2D eigenvalue weighted by Gasteiger charge is 2.40. The zero-order valence-corrected chi connectivity index (χ0v) is 12.5. The molecule has 0 unspecified atom stereocenters. The second kappa shape index (κ2) is 5.16. The molecular formula is C12H14BrN3O3. The molecule has 2 heterocycles. The molecule has 0 aromatic carbocycles. The van der Waals surface area contributed by atoms with Gasteiger partial charge in [0.25, 0.3) is 5.91 Å². The monoisotopic (exact) mass is 327 g/mol. The van der Waals surface area contributed by atoms with E-state index in [-0.39, 0.29) is 18.5 Å². The predicted octanol–water partition coefficient (Wildman–Crippen LogP) is 1.64. The van der Waals surface area contributed by atoms with Crippen molar-refractivity contribution in [3.8, 4) is 5.88 Å². The summed E-state index contributed by atoms with van der Waals surface area (Å²) in [6.07, 6.45) is 1.60. The molecule has 0 N–H and O–H groups in total.